The van der Waals surface area contributed by atoms with Crippen molar-refractivity contribution < 1.29 is 14.7 Å². The van der Waals surface area contributed by atoms with Crippen LogP contribution in [0.2, 0.25) is 0 Å². The minimum Gasteiger partial charge on any atom is -0.400 e. The van der Waals surface area contributed by atoms with Gasteiger partial charge in [0.2, 0.25) is 12.4 Å². The van der Waals surface area contributed by atoms with Gasteiger partial charge in [-0.2, -0.15) is 9.61 Å². The summed E-state index contributed by atoms with van der Waals surface area (Å²) in [5, 5.41) is 18.1. The summed E-state index contributed by atoms with van der Waals surface area (Å²) in [6.45, 7) is 0.672. The van der Waals surface area contributed by atoms with E-state index in [1.807, 2.05) is 42.3 Å². The van der Waals surface area contributed by atoms with Crippen LogP contribution in [0.4, 0.5) is 11.6 Å². The minimum atomic E-state index is 0.616. The highest BCUT2D eigenvalue weighted by atomic mass is 16.6. The highest BCUT2D eigenvalue weighted by Gasteiger charge is 2.28. The van der Waals surface area contributed by atoms with Gasteiger partial charge >= 0.3 is 0 Å². The molecule has 2 aliphatic rings. The maximum Gasteiger partial charge on any atom is 0.227 e. The Morgan fingerprint density at radius 2 is 1.84 bits per heavy atom. The molecule has 0 aliphatic heterocycles. The van der Waals surface area contributed by atoms with Gasteiger partial charge in [-0.05, 0) is 24.8 Å². The maximum absolute atomic E-state index is 7.00. The Morgan fingerprint density at radius 3 is 2.44 bits per heavy atom. The van der Waals surface area contributed by atoms with Gasteiger partial charge in [0, 0.05) is 48.7 Å². The van der Waals surface area contributed by atoms with Crippen molar-refractivity contribution in [3.05, 3.63) is 47.9 Å². The van der Waals surface area contributed by atoms with Gasteiger partial charge in [0.05, 0.1) is 6.20 Å². The van der Waals surface area contributed by atoms with E-state index in [1.165, 1.54) is 56.9 Å². The topological polar surface area (TPSA) is 87.6 Å². The molecule has 0 aromatic carbocycles. The third kappa shape index (κ3) is 6.32. The lowest BCUT2D eigenvalue weighted by Gasteiger charge is -2.10. The Bertz CT molecular complexity index is 955. The Hall–Kier alpha value is -2.87. The molecule has 0 saturated heterocycles. The molecule has 3 aromatic rings. The summed E-state index contributed by atoms with van der Waals surface area (Å²) in [6.07, 6.45) is 17.2. The molecular weight excluding hydrogens is 404 g/mol. The lowest BCUT2D eigenvalue weighted by Crippen LogP contribution is -2.40. The average molecular weight is 442 g/mol. The van der Waals surface area contributed by atoms with E-state index in [0.29, 0.717) is 12.5 Å². The quantitative estimate of drug-likeness (QED) is 0.507. The highest BCUT2D eigenvalue weighted by molar-refractivity contribution is 5.61. The van der Waals surface area contributed by atoms with Crippen LogP contribution >= 0.6 is 0 Å². The van der Waals surface area contributed by atoms with E-state index in [1.54, 1.807) is 11.8 Å². The van der Waals surface area contributed by atoms with E-state index >= 15 is 0 Å². The molecule has 5 rings (SSSR count). The number of aliphatic hydroxyl groups excluding tert-OH is 1. The number of aliphatic hydroxyl groups is 1. The second-order valence-electron chi connectivity index (χ2n) is 8.12. The number of nitrogens with zero attached hydrogens (tertiary/aromatic N) is 4. The molecule has 0 bridgehead atoms. The summed E-state index contributed by atoms with van der Waals surface area (Å²) in [5.41, 5.74) is 3.30. The maximum atomic E-state index is 7.00. The highest BCUT2D eigenvalue weighted by Crippen LogP contribution is 2.42. The van der Waals surface area contributed by atoms with Crippen molar-refractivity contribution in [2.75, 3.05) is 31.9 Å². The fourth-order valence-electron chi connectivity index (χ4n) is 3.89. The van der Waals surface area contributed by atoms with Crippen LogP contribution < -0.4 is 20.2 Å². The molecule has 8 heteroatoms. The van der Waals surface area contributed by atoms with Gasteiger partial charge in [-0.1, -0.05) is 38.5 Å². The first-order chi connectivity index (χ1) is 15.8. The molecule has 3 heterocycles. The normalized spacial score (nSPS) is 15.1. The van der Waals surface area contributed by atoms with E-state index in [-0.39, 0.29) is 0 Å². The molecule has 0 spiro atoms. The SMILES string of the molecule is C1CCCCC1.CNc1cc(NCc2ccc[n+](OC)c2)n2ncc(C3CC3)c2n1.CO. The smallest absolute Gasteiger partial charge is 0.227 e. The molecule has 0 radical (unpaired) electrons. The summed E-state index contributed by atoms with van der Waals surface area (Å²) in [7, 11) is 4.53. The van der Waals surface area contributed by atoms with Crippen molar-refractivity contribution in [3.63, 3.8) is 0 Å². The summed E-state index contributed by atoms with van der Waals surface area (Å²) >= 11 is 0. The molecular formula is C24H37N6O2+. The predicted molar refractivity (Wildman–Crippen MR) is 127 cm³/mol. The Kier molecular flexibility index (Phi) is 9.10. The fourth-order valence-corrected chi connectivity index (χ4v) is 3.89. The Balaban J connectivity index is 0.000000309. The van der Waals surface area contributed by atoms with Gasteiger partial charge in [-0.3, -0.25) is 4.84 Å². The number of pyridine rings is 1. The van der Waals surface area contributed by atoms with Gasteiger partial charge in [-0.15, -0.1) is 0 Å². The van der Waals surface area contributed by atoms with Crippen LogP contribution in [-0.2, 0) is 6.54 Å². The predicted octanol–water partition coefficient (Wildman–Crippen LogP) is 3.56. The summed E-state index contributed by atoms with van der Waals surface area (Å²) in [6, 6.07) is 5.99. The fraction of sp³-hybridized carbons (Fsp3) is 0.542. The first-order valence-corrected chi connectivity index (χ1v) is 11.6. The van der Waals surface area contributed by atoms with Gasteiger partial charge in [0.1, 0.15) is 18.7 Å². The van der Waals surface area contributed by atoms with Crippen molar-refractivity contribution in [3.8, 4) is 0 Å². The molecule has 0 unspecified atom stereocenters. The van der Waals surface area contributed by atoms with Crippen LogP contribution in [0, 0.1) is 0 Å². The van der Waals surface area contributed by atoms with Crippen LogP contribution in [-0.4, -0.2) is 41.0 Å². The van der Waals surface area contributed by atoms with Crippen LogP contribution in [0.3, 0.4) is 0 Å². The third-order valence-corrected chi connectivity index (χ3v) is 5.79. The number of rotatable bonds is 6. The standard InChI is InChI=1S/C17H21N6O.C6H12.CH4O/c1-18-15-8-16(19-9-12-4-3-7-22(11-12)24-2)23-17(21-15)14(10-20-23)13-5-6-13;1-2-4-6-5-3-1;1-2/h3-4,7-8,10-11,13,19H,5-6,9H2,1-2H3,(H,18,21);1-6H2;2H,1H3/q+1;;. The zero-order chi connectivity index (χ0) is 22.8. The summed E-state index contributed by atoms with van der Waals surface area (Å²) in [4.78, 5) is 9.88. The Morgan fingerprint density at radius 1 is 1.16 bits per heavy atom. The number of fused-ring (bicyclic) bond motifs is 1. The van der Waals surface area contributed by atoms with Gasteiger partial charge < -0.3 is 15.7 Å². The number of hydrogen-bond donors (Lipinski definition) is 3. The van der Waals surface area contributed by atoms with E-state index in [9.17, 15) is 0 Å². The van der Waals surface area contributed by atoms with E-state index in [2.05, 4.69) is 26.8 Å². The van der Waals surface area contributed by atoms with Gasteiger partial charge in [0.15, 0.2) is 5.65 Å². The van der Waals surface area contributed by atoms with Crippen molar-refractivity contribution >= 4 is 17.3 Å². The van der Waals surface area contributed by atoms with Crippen molar-refractivity contribution in [1.29, 1.82) is 0 Å². The van der Waals surface area contributed by atoms with Gasteiger partial charge in [-0.25, -0.2) is 4.98 Å². The monoisotopic (exact) mass is 441 g/mol. The first kappa shape index (κ1) is 23.8. The second-order valence-corrected chi connectivity index (χ2v) is 8.12. The van der Waals surface area contributed by atoms with E-state index in [4.69, 9.17) is 9.94 Å². The molecule has 3 aromatic heterocycles. The van der Waals surface area contributed by atoms with Crippen LogP contribution in [0.1, 0.15) is 68.4 Å². The largest absolute Gasteiger partial charge is 0.400 e. The van der Waals surface area contributed by atoms with Crippen LogP contribution in [0.25, 0.3) is 5.65 Å². The van der Waals surface area contributed by atoms with Crippen LogP contribution in [0.15, 0.2) is 36.8 Å². The lowest BCUT2D eigenvalue weighted by molar-refractivity contribution is -0.885. The number of hydrogen-bond acceptors (Lipinski definition) is 6. The molecule has 2 saturated carbocycles. The molecule has 2 fully saturated rings. The first-order valence-electron chi connectivity index (χ1n) is 11.6. The zero-order valence-electron chi connectivity index (χ0n) is 19.5. The molecule has 2 aliphatic carbocycles. The number of nitrogens with one attached hydrogen (secondary N) is 2. The third-order valence-electron chi connectivity index (χ3n) is 5.79. The molecule has 174 valence electrons. The van der Waals surface area contributed by atoms with Crippen LogP contribution in [0.5, 0.6) is 0 Å². The summed E-state index contributed by atoms with van der Waals surface area (Å²) in [5.74, 6) is 2.38. The minimum absolute atomic E-state index is 0.616. The van der Waals surface area contributed by atoms with Crippen molar-refractivity contribution in [2.24, 2.45) is 0 Å². The van der Waals surface area contributed by atoms with Crippen molar-refractivity contribution in [2.45, 2.75) is 63.8 Å². The number of aromatic nitrogens is 4. The molecule has 32 heavy (non-hydrogen) atoms. The van der Waals surface area contributed by atoms with Crippen molar-refractivity contribution in [1.82, 2.24) is 14.6 Å². The van der Waals surface area contributed by atoms with E-state index < -0.39 is 0 Å². The molecule has 0 amide bonds. The number of anilines is 2. The molecule has 3 N–H and O–H groups in total. The second kappa shape index (κ2) is 12.2. The zero-order valence-corrected chi connectivity index (χ0v) is 19.5. The summed E-state index contributed by atoms with van der Waals surface area (Å²) < 4.78 is 3.57. The lowest BCUT2D eigenvalue weighted by atomic mass is 10.0. The Labute approximate surface area is 190 Å². The van der Waals surface area contributed by atoms with Gasteiger partial charge in [0.25, 0.3) is 0 Å². The molecule has 0 atom stereocenters. The average Bonchev–Trinajstić information content (AvgIpc) is 3.63. The molecule has 8 nitrogen and oxygen atoms in total. The van der Waals surface area contributed by atoms with E-state index in [0.717, 1.165) is 30.0 Å².